The Labute approximate surface area is 160 Å². The van der Waals surface area contributed by atoms with Crippen molar-refractivity contribution in [2.45, 2.75) is 18.6 Å². The summed E-state index contributed by atoms with van der Waals surface area (Å²) in [5, 5.41) is 0. The number of nitrogens with zero attached hydrogens (tertiary/aromatic N) is 1. The quantitative estimate of drug-likeness (QED) is 0.659. The van der Waals surface area contributed by atoms with Crippen molar-refractivity contribution >= 4 is 35.8 Å². The SMILES string of the molecule is COc1ccc(C[C@@H](N)c2nc3cc(C(F)(F)F)ccc3[nH]2)cc1.Cl.Cl. The Bertz CT molecular complexity index is 851. The zero-order valence-corrected chi connectivity index (χ0v) is 15.3. The highest BCUT2D eigenvalue weighted by molar-refractivity contribution is 5.85. The number of nitrogens with one attached hydrogen (secondary N) is 1. The zero-order chi connectivity index (χ0) is 17.3. The Morgan fingerprint density at radius 2 is 1.77 bits per heavy atom. The Morgan fingerprint density at radius 1 is 1.12 bits per heavy atom. The monoisotopic (exact) mass is 407 g/mol. The Kier molecular flexibility index (Phi) is 7.32. The third-order valence-corrected chi connectivity index (χ3v) is 3.79. The molecule has 0 amide bonds. The van der Waals surface area contributed by atoms with Gasteiger partial charge in [0.25, 0.3) is 0 Å². The van der Waals surface area contributed by atoms with Gasteiger partial charge in [0.2, 0.25) is 0 Å². The molecule has 0 aliphatic carbocycles. The predicted octanol–water partition coefficient (Wildman–Crippen LogP) is 4.68. The summed E-state index contributed by atoms with van der Waals surface area (Å²) < 4.78 is 43.4. The lowest BCUT2D eigenvalue weighted by atomic mass is 10.1. The number of aromatic amines is 1. The van der Waals surface area contributed by atoms with E-state index in [1.165, 1.54) is 6.07 Å². The zero-order valence-electron chi connectivity index (χ0n) is 13.7. The second-order valence-corrected chi connectivity index (χ2v) is 5.51. The fourth-order valence-electron chi connectivity index (χ4n) is 2.49. The number of alkyl halides is 3. The van der Waals surface area contributed by atoms with E-state index in [4.69, 9.17) is 10.5 Å². The number of hydrogen-bond acceptors (Lipinski definition) is 3. The molecule has 0 spiro atoms. The van der Waals surface area contributed by atoms with Gasteiger partial charge in [-0.1, -0.05) is 12.1 Å². The van der Waals surface area contributed by atoms with Crippen molar-refractivity contribution < 1.29 is 17.9 Å². The number of benzene rings is 2. The molecule has 0 fully saturated rings. The third-order valence-electron chi connectivity index (χ3n) is 3.79. The first-order valence-corrected chi connectivity index (χ1v) is 7.32. The fraction of sp³-hybridized carbons (Fsp3) is 0.235. The Balaban J connectivity index is 0.00000169. The van der Waals surface area contributed by atoms with Crippen molar-refractivity contribution in [1.29, 1.82) is 0 Å². The number of aromatic nitrogens is 2. The van der Waals surface area contributed by atoms with Gasteiger partial charge in [-0.05, 0) is 42.3 Å². The van der Waals surface area contributed by atoms with Gasteiger partial charge >= 0.3 is 6.18 Å². The molecule has 1 aromatic heterocycles. The van der Waals surface area contributed by atoms with Crippen molar-refractivity contribution in [3.8, 4) is 5.75 Å². The van der Waals surface area contributed by atoms with Gasteiger partial charge in [0.05, 0.1) is 29.7 Å². The predicted molar refractivity (Wildman–Crippen MR) is 99.2 cm³/mol. The summed E-state index contributed by atoms with van der Waals surface area (Å²) in [5.74, 6) is 1.20. The van der Waals surface area contributed by atoms with Gasteiger partial charge in [-0.2, -0.15) is 13.2 Å². The topological polar surface area (TPSA) is 63.9 Å². The van der Waals surface area contributed by atoms with Gasteiger partial charge in [-0.3, -0.25) is 0 Å². The highest BCUT2D eigenvalue weighted by Gasteiger charge is 2.30. The highest BCUT2D eigenvalue weighted by atomic mass is 35.5. The summed E-state index contributed by atoms with van der Waals surface area (Å²) in [5.41, 5.74) is 7.18. The molecule has 0 bridgehead atoms. The van der Waals surface area contributed by atoms with Gasteiger partial charge in [0, 0.05) is 0 Å². The summed E-state index contributed by atoms with van der Waals surface area (Å²) in [6, 6.07) is 10.4. The minimum atomic E-state index is -4.39. The first kappa shape index (κ1) is 22.1. The third kappa shape index (κ3) is 4.81. The summed E-state index contributed by atoms with van der Waals surface area (Å²) in [4.78, 5) is 7.20. The van der Waals surface area contributed by atoms with Crippen LogP contribution in [-0.2, 0) is 12.6 Å². The molecule has 1 heterocycles. The molecule has 3 aromatic rings. The van der Waals surface area contributed by atoms with Crippen LogP contribution in [0.2, 0.25) is 0 Å². The lowest BCUT2D eigenvalue weighted by Gasteiger charge is -2.09. The van der Waals surface area contributed by atoms with Crippen molar-refractivity contribution in [1.82, 2.24) is 9.97 Å². The molecule has 9 heteroatoms. The molecule has 0 radical (unpaired) electrons. The molecule has 1 atom stereocenters. The highest BCUT2D eigenvalue weighted by Crippen LogP contribution is 2.31. The number of H-pyrrole nitrogens is 1. The van der Waals surface area contributed by atoms with Gasteiger partial charge < -0.3 is 15.5 Å². The van der Waals surface area contributed by atoms with Crippen LogP contribution in [0.15, 0.2) is 42.5 Å². The standard InChI is InChI=1S/C17H16F3N3O.2ClH/c1-24-12-5-2-10(3-6-12)8-13(21)16-22-14-7-4-11(17(18,19)20)9-15(14)23-16;;/h2-7,9,13H,8,21H2,1H3,(H,22,23);2*1H/t13-;;/m1../s1. The van der Waals surface area contributed by atoms with E-state index >= 15 is 0 Å². The van der Waals surface area contributed by atoms with E-state index < -0.39 is 17.8 Å². The van der Waals surface area contributed by atoms with Crippen LogP contribution in [-0.4, -0.2) is 17.1 Å². The smallest absolute Gasteiger partial charge is 0.416 e. The van der Waals surface area contributed by atoms with E-state index in [9.17, 15) is 13.2 Å². The first-order chi connectivity index (χ1) is 11.4. The lowest BCUT2D eigenvalue weighted by Crippen LogP contribution is -2.14. The molecule has 26 heavy (non-hydrogen) atoms. The summed E-state index contributed by atoms with van der Waals surface area (Å²) in [7, 11) is 1.59. The largest absolute Gasteiger partial charge is 0.497 e. The van der Waals surface area contributed by atoms with Crippen molar-refractivity contribution in [2.24, 2.45) is 5.73 Å². The molecular formula is C17H18Cl2F3N3O. The van der Waals surface area contributed by atoms with Gasteiger partial charge in [0.15, 0.2) is 0 Å². The minimum absolute atomic E-state index is 0. The molecule has 0 saturated carbocycles. The number of fused-ring (bicyclic) bond motifs is 1. The molecule has 4 nitrogen and oxygen atoms in total. The van der Waals surface area contributed by atoms with Crippen molar-refractivity contribution in [3.05, 3.63) is 59.4 Å². The second kappa shape index (κ2) is 8.62. The number of methoxy groups -OCH3 is 1. The van der Waals surface area contributed by atoms with Crippen LogP contribution in [0.4, 0.5) is 13.2 Å². The summed E-state index contributed by atoms with van der Waals surface area (Å²) in [6.07, 6.45) is -3.88. The van der Waals surface area contributed by atoms with Crippen LogP contribution in [0.3, 0.4) is 0 Å². The molecule has 0 aliphatic rings. The fourth-order valence-corrected chi connectivity index (χ4v) is 2.49. The maximum absolute atomic E-state index is 12.8. The second-order valence-electron chi connectivity index (χ2n) is 5.51. The summed E-state index contributed by atoms with van der Waals surface area (Å²) >= 11 is 0. The Hall–Kier alpha value is -1.96. The number of ether oxygens (including phenoxy) is 1. The van der Waals surface area contributed by atoms with Crippen LogP contribution in [0.5, 0.6) is 5.75 Å². The Morgan fingerprint density at radius 3 is 2.35 bits per heavy atom. The van der Waals surface area contributed by atoms with Gasteiger partial charge in [-0.15, -0.1) is 24.8 Å². The molecule has 142 valence electrons. The number of nitrogens with two attached hydrogens (primary N) is 1. The maximum Gasteiger partial charge on any atom is 0.416 e. The van der Waals surface area contributed by atoms with E-state index in [1.54, 1.807) is 7.11 Å². The molecule has 0 aliphatic heterocycles. The van der Waals surface area contributed by atoms with Crippen molar-refractivity contribution in [3.63, 3.8) is 0 Å². The number of hydrogen-bond donors (Lipinski definition) is 2. The molecule has 3 N–H and O–H groups in total. The lowest BCUT2D eigenvalue weighted by molar-refractivity contribution is -0.137. The van der Waals surface area contributed by atoms with E-state index in [2.05, 4.69) is 9.97 Å². The number of halogens is 5. The molecule has 3 rings (SSSR count). The average Bonchev–Trinajstić information content (AvgIpc) is 2.98. The van der Waals surface area contributed by atoms with Crippen LogP contribution < -0.4 is 10.5 Å². The van der Waals surface area contributed by atoms with E-state index in [-0.39, 0.29) is 30.3 Å². The van der Waals surface area contributed by atoms with Crippen LogP contribution in [0.1, 0.15) is 23.0 Å². The normalized spacial score (nSPS) is 12.2. The van der Waals surface area contributed by atoms with Crippen molar-refractivity contribution in [2.75, 3.05) is 7.11 Å². The van der Waals surface area contributed by atoms with E-state index in [1.807, 2.05) is 24.3 Å². The summed E-state index contributed by atoms with van der Waals surface area (Å²) in [6.45, 7) is 0. The van der Waals surface area contributed by atoms with Crippen LogP contribution in [0, 0.1) is 0 Å². The van der Waals surface area contributed by atoms with E-state index in [0.29, 0.717) is 17.8 Å². The van der Waals surface area contributed by atoms with Gasteiger partial charge in [-0.25, -0.2) is 4.98 Å². The molecular weight excluding hydrogens is 390 g/mol. The molecule has 0 saturated heterocycles. The minimum Gasteiger partial charge on any atom is -0.497 e. The average molecular weight is 408 g/mol. The van der Waals surface area contributed by atoms with Crippen LogP contribution >= 0.6 is 24.8 Å². The maximum atomic E-state index is 12.8. The first-order valence-electron chi connectivity index (χ1n) is 7.32. The molecule has 2 aromatic carbocycles. The number of rotatable bonds is 4. The van der Waals surface area contributed by atoms with Crippen LogP contribution in [0.25, 0.3) is 11.0 Å². The van der Waals surface area contributed by atoms with E-state index in [0.717, 1.165) is 23.4 Å². The van der Waals surface area contributed by atoms with Gasteiger partial charge in [0.1, 0.15) is 11.6 Å². The molecule has 0 unspecified atom stereocenters. The number of imidazole rings is 1.